The van der Waals surface area contributed by atoms with Crippen molar-refractivity contribution in [2.45, 2.75) is 25.4 Å². The summed E-state index contributed by atoms with van der Waals surface area (Å²) < 4.78 is 3.17. The Bertz CT molecular complexity index is 606. The van der Waals surface area contributed by atoms with Gasteiger partial charge in [0.05, 0.1) is 15.6 Å². The Balaban J connectivity index is 2.42. The van der Waals surface area contributed by atoms with Crippen molar-refractivity contribution in [3.8, 4) is 0 Å². The summed E-state index contributed by atoms with van der Waals surface area (Å²) in [5, 5.41) is 2.28. The van der Waals surface area contributed by atoms with E-state index in [-0.39, 0.29) is 6.04 Å². The van der Waals surface area contributed by atoms with Crippen LogP contribution in [0.5, 0.6) is 0 Å². The summed E-state index contributed by atoms with van der Waals surface area (Å²) in [6, 6.07) is 4.05. The summed E-state index contributed by atoms with van der Waals surface area (Å²) >= 11 is 16.0. The Hall–Kier alpha value is -0.220. The predicted octanol–water partition coefficient (Wildman–Crippen LogP) is 4.50. The van der Waals surface area contributed by atoms with Crippen LogP contribution in [-0.4, -0.2) is 4.57 Å². The van der Waals surface area contributed by atoms with Crippen molar-refractivity contribution in [3.05, 3.63) is 32.3 Å². The molecule has 2 N–H and O–H groups in total. The van der Waals surface area contributed by atoms with Crippen LogP contribution < -0.4 is 5.73 Å². The van der Waals surface area contributed by atoms with Crippen LogP contribution in [0.4, 0.5) is 0 Å². The Morgan fingerprint density at radius 1 is 1.35 bits per heavy atom. The monoisotopic (exact) mass is 332 g/mol. The summed E-state index contributed by atoms with van der Waals surface area (Å²) in [6.45, 7) is 0.957. The molecule has 0 radical (unpaired) electrons. The van der Waals surface area contributed by atoms with Crippen molar-refractivity contribution >= 4 is 50.0 Å². The number of fused-ring (bicyclic) bond motifs is 3. The second kappa shape index (κ2) is 4.16. The van der Waals surface area contributed by atoms with Crippen molar-refractivity contribution in [1.82, 2.24) is 4.57 Å². The molecule has 2 aromatic rings. The van der Waals surface area contributed by atoms with Crippen molar-refractivity contribution in [2.75, 3.05) is 0 Å². The SMILES string of the molecule is NC1CCCn2c1cc1c(Br)cc(Cl)c(Cl)c12. The van der Waals surface area contributed by atoms with E-state index in [1.807, 2.05) is 6.07 Å². The van der Waals surface area contributed by atoms with Crippen LogP contribution in [0.2, 0.25) is 10.0 Å². The third kappa shape index (κ3) is 1.72. The minimum Gasteiger partial charge on any atom is -0.342 e. The molecular formula is C12H11BrCl2N2. The maximum Gasteiger partial charge on any atom is 0.0836 e. The van der Waals surface area contributed by atoms with Crippen LogP contribution in [0.25, 0.3) is 10.9 Å². The highest BCUT2D eigenvalue weighted by atomic mass is 79.9. The molecule has 5 heteroatoms. The van der Waals surface area contributed by atoms with Crippen molar-refractivity contribution in [2.24, 2.45) is 5.73 Å². The molecule has 0 aliphatic carbocycles. The molecule has 1 aromatic heterocycles. The fraction of sp³-hybridized carbons (Fsp3) is 0.333. The van der Waals surface area contributed by atoms with Gasteiger partial charge < -0.3 is 10.3 Å². The molecule has 17 heavy (non-hydrogen) atoms. The fourth-order valence-electron chi connectivity index (χ4n) is 2.52. The third-order valence-corrected chi connectivity index (χ3v) is 4.77. The van der Waals surface area contributed by atoms with Gasteiger partial charge in [-0.05, 0) is 25.0 Å². The standard InChI is InChI=1S/C12H11BrCl2N2/c13-7-5-8(14)11(15)12-6(7)4-10-9(16)2-1-3-17(10)12/h4-5,9H,1-3,16H2. The maximum absolute atomic E-state index is 6.31. The van der Waals surface area contributed by atoms with Gasteiger partial charge in [0.15, 0.2) is 0 Å². The van der Waals surface area contributed by atoms with Gasteiger partial charge in [-0.1, -0.05) is 39.1 Å². The number of nitrogens with zero attached hydrogens (tertiary/aromatic N) is 1. The van der Waals surface area contributed by atoms with Gasteiger partial charge in [0.2, 0.25) is 0 Å². The van der Waals surface area contributed by atoms with Crippen LogP contribution in [0.3, 0.4) is 0 Å². The Morgan fingerprint density at radius 2 is 2.12 bits per heavy atom. The van der Waals surface area contributed by atoms with Crippen LogP contribution in [0.1, 0.15) is 24.6 Å². The zero-order valence-electron chi connectivity index (χ0n) is 9.01. The van der Waals surface area contributed by atoms with E-state index in [0.717, 1.165) is 40.5 Å². The smallest absolute Gasteiger partial charge is 0.0836 e. The highest BCUT2D eigenvalue weighted by molar-refractivity contribution is 9.10. The Morgan fingerprint density at radius 3 is 2.88 bits per heavy atom. The minimum absolute atomic E-state index is 0.0953. The fourth-order valence-corrected chi connectivity index (χ4v) is 3.64. The second-order valence-electron chi connectivity index (χ2n) is 4.39. The van der Waals surface area contributed by atoms with Crippen LogP contribution >= 0.6 is 39.1 Å². The first-order valence-electron chi connectivity index (χ1n) is 5.52. The molecule has 1 aliphatic heterocycles. The van der Waals surface area contributed by atoms with Gasteiger partial charge in [-0.25, -0.2) is 0 Å². The lowest BCUT2D eigenvalue weighted by molar-refractivity contribution is 0.471. The van der Waals surface area contributed by atoms with Gasteiger partial charge >= 0.3 is 0 Å². The molecule has 0 fully saturated rings. The van der Waals surface area contributed by atoms with Gasteiger partial charge in [-0.15, -0.1) is 0 Å². The lowest BCUT2D eigenvalue weighted by Gasteiger charge is -2.22. The Kier molecular flexibility index (Phi) is 2.90. The first-order valence-corrected chi connectivity index (χ1v) is 7.06. The molecule has 1 atom stereocenters. The largest absolute Gasteiger partial charge is 0.342 e. The van der Waals surface area contributed by atoms with Gasteiger partial charge in [-0.3, -0.25) is 0 Å². The molecule has 0 saturated carbocycles. The lowest BCUT2D eigenvalue weighted by Crippen LogP contribution is -2.20. The van der Waals surface area contributed by atoms with Crippen LogP contribution in [0, 0.1) is 0 Å². The van der Waals surface area contributed by atoms with Crippen molar-refractivity contribution in [3.63, 3.8) is 0 Å². The van der Waals surface area contributed by atoms with E-state index >= 15 is 0 Å². The molecule has 0 spiro atoms. The second-order valence-corrected chi connectivity index (χ2v) is 6.03. The van der Waals surface area contributed by atoms with Crippen molar-refractivity contribution < 1.29 is 0 Å². The number of halogens is 3. The van der Waals surface area contributed by atoms with Gasteiger partial charge in [0, 0.05) is 28.1 Å². The number of benzene rings is 1. The quantitative estimate of drug-likeness (QED) is 0.707. The van der Waals surface area contributed by atoms with E-state index in [9.17, 15) is 0 Å². The number of rotatable bonds is 0. The number of hydrogen-bond donors (Lipinski definition) is 1. The van der Waals surface area contributed by atoms with Crippen LogP contribution in [0.15, 0.2) is 16.6 Å². The van der Waals surface area contributed by atoms with Crippen molar-refractivity contribution in [1.29, 1.82) is 0 Å². The van der Waals surface area contributed by atoms with Gasteiger partial charge in [-0.2, -0.15) is 0 Å². The minimum atomic E-state index is 0.0953. The van der Waals surface area contributed by atoms with E-state index in [1.165, 1.54) is 0 Å². The predicted molar refractivity (Wildman–Crippen MR) is 75.8 cm³/mol. The molecule has 1 aliphatic rings. The summed E-state index contributed by atoms with van der Waals surface area (Å²) in [5.74, 6) is 0. The summed E-state index contributed by atoms with van der Waals surface area (Å²) in [6.07, 6.45) is 2.11. The van der Waals surface area contributed by atoms with E-state index in [4.69, 9.17) is 28.9 Å². The van der Waals surface area contributed by atoms with Gasteiger partial charge in [0.25, 0.3) is 0 Å². The molecule has 2 heterocycles. The normalized spacial score (nSPS) is 19.6. The third-order valence-electron chi connectivity index (χ3n) is 3.33. The zero-order valence-corrected chi connectivity index (χ0v) is 12.1. The maximum atomic E-state index is 6.31. The molecular weight excluding hydrogens is 323 g/mol. The zero-order chi connectivity index (χ0) is 12.2. The van der Waals surface area contributed by atoms with E-state index in [1.54, 1.807) is 0 Å². The Labute approximate surface area is 118 Å². The summed E-state index contributed by atoms with van der Waals surface area (Å²) in [4.78, 5) is 0. The van der Waals surface area contributed by atoms with Crippen LogP contribution in [-0.2, 0) is 6.54 Å². The van der Waals surface area contributed by atoms with Gasteiger partial charge in [0.1, 0.15) is 0 Å². The first-order chi connectivity index (χ1) is 8.09. The molecule has 90 valence electrons. The summed E-state index contributed by atoms with van der Waals surface area (Å²) in [5.41, 5.74) is 8.28. The highest BCUT2D eigenvalue weighted by Crippen LogP contribution is 2.40. The molecule has 0 saturated heterocycles. The highest BCUT2D eigenvalue weighted by Gasteiger charge is 2.22. The van der Waals surface area contributed by atoms with E-state index in [0.29, 0.717) is 10.0 Å². The molecule has 0 amide bonds. The lowest BCUT2D eigenvalue weighted by atomic mass is 10.1. The average Bonchev–Trinajstić information content (AvgIpc) is 2.68. The molecule has 1 aromatic carbocycles. The van der Waals surface area contributed by atoms with E-state index < -0.39 is 0 Å². The average molecular weight is 334 g/mol. The molecule has 2 nitrogen and oxygen atoms in total. The number of nitrogens with two attached hydrogens (primary N) is 1. The molecule has 1 unspecified atom stereocenters. The topological polar surface area (TPSA) is 30.9 Å². The summed E-state index contributed by atoms with van der Waals surface area (Å²) in [7, 11) is 0. The first kappa shape index (κ1) is 11.8. The number of aryl methyl sites for hydroxylation is 1. The molecule has 0 bridgehead atoms. The molecule has 3 rings (SSSR count). The number of hydrogen-bond acceptors (Lipinski definition) is 1. The number of aromatic nitrogens is 1. The van der Waals surface area contributed by atoms with E-state index in [2.05, 4.69) is 26.6 Å².